The van der Waals surface area contributed by atoms with Gasteiger partial charge in [0.2, 0.25) is 0 Å². The van der Waals surface area contributed by atoms with E-state index in [0.29, 0.717) is 11.3 Å². The molecule has 0 heterocycles. The smallest absolute Gasteiger partial charge is 0.296 e. The molecule has 3 nitrogen and oxygen atoms in total. The summed E-state index contributed by atoms with van der Waals surface area (Å²) in [6.45, 7) is 3.88. The lowest BCUT2D eigenvalue weighted by atomic mass is 10.1. The van der Waals surface area contributed by atoms with E-state index in [1.165, 1.54) is 0 Å². The number of anilines is 1. The fourth-order valence-electron chi connectivity index (χ4n) is 1.79. The molecular weight excluding hydrogens is 238 g/mol. The van der Waals surface area contributed by atoms with E-state index in [9.17, 15) is 9.59 Å². The van der Waals surface area contributed by atoms with Gasteiger partial charge in [0.1, 0.15) is 0 Å². The Morgan fingerprint density at radius 1 is 0.895 bits per heavy atom. The molecule has 0 bridgehead atoms. The fraction of sp³-hybridized carbons (Fsp3) is 0.125. The molecule has 0 saturated carbocycles. The Balaban J connectivity index is 2.18. The molecule has 0 aliphatic carbocycles. The van der Waals surface area contributed by atoms with Crippen LogP contribution >= 0.6 is 0 Å². The van der Waals surface area contributed by atoms with Gasteiger partial charge in [-0.1, -0.05) is 42.5 Å². The number of carbonyl (C=O) groups excluding carboxylic acids is 2. The van der Waals surface area contributed by atoms with Gasteiger partial charge in [0, 0.05) is 11.3 Å². The van der Waals surface area contributed by atoms with Crippen molar-refractivity contribution in [3.05, 3.63) is 65.2 Å². The molecule has 3 heteroatoms. The molecule has 0 unspecified atom stereocenters. The first-order valence-corrected chi connectivity index (χ1v) is 6.06. The van der Waals surface area contributed by atoms with E-state index in [0.717, 1.165) is 11.1 Å². The zero-order valence-electron chi connectivity index (χ0n) is 10.9. The van der Waals surface area contributed by atoms with Crippen LogP contribution in [0.15, 0.2) is 48.5 Å². The SMILES string of the molecule is Cc1cccc(NC(=O)C(=O)c2ccccc2)c1C. The van der Waals surface area contributed by atoms with Gasteiger partial charge in [0.15, 0.2) is 0 Å². The van der Waals surface area contributed by atoms with Crippen molar-refractivity contribution in [1.82, 2.24) is 0 Å². The van der Waals surface area contributed by atoms with Crippen LogP contribution < -0.4 is 5.32 Å². The highest BCUT2D eigenvalue weighted by Gasteiger charge is 2.16. The molecule has 1 amide bonds. The van der Waals surface area contributed by atoms with Gasteiger partial charge in [-0.25, -0.2) is 0 Å². The Kier molecular flexibility index (Phi) is 3.76. The highest BCUT2D eigenvalue weighted by Crippen LogP contribution is 2.18. The van der Waals surface area contributed by atoms with Crippen molar-refractivity contribution >= 4 is 17.4 Å². The van der Waals surface area contributed by atoms with Crippen LogP contribution in [0.25, 0.3) is 0 Å². The normalized spacial score (nSPS) is 10.0. The van der Waals surface area contributed by atoms with Gasteiger partial charge in [-0.15, -0.1) is 0 Å². The second-order valence-electron chi connectivity index (χ2n) is 4.40. The molecule has 0 atom stereocenters. The lowest BCUT2D eigenvalue weighted by Crippen LogP contribution is -2.23. The van der Waals surface area contributed by atoms with Crippen molar-refractivity contribution in [2.75, 3.05) is 5.32 Å². The molecule has 0 fully saturated rings. The Labute approximate surface area is 112 Å². The molecule has 2 aromatic rings. The number of nitrogens with one attached hydrogen (secondary N) is 1. The molecule has 1 N–H and O–H groups in total. The van der Waals surface area contributed by atoms with Crippen molar-refractivity contribution in [1.29, 1.82) is 0 Å². The highest BCUT2D eigenvalue weighted by atomic mass is 16.2. The molecule has 96 valence electrons. The Morgan fingerprint density at radius 2 is 1.58 bits per heavy atom. The molecule has 0 aromatic heterocycles. The van der Waals surface area contributed by atoms with Crippen LogP contribution in [0, 0.1) is 13.8 Å². The van der Waals surface area contributed by atoms with Crippen molar-refractivity contribution in [3.63, 3.8) is 0 Å². The summed E-state index contributed by atoms with van der Waals surface area (Å²) in [6.07, 6.45) is 0. The van der Waals surface area contributed by atoms with Crippen LogP contribution in [0.3, 0.4) is 0 Å². The Bertz CT molecular complexity index is 618. The standard InChI is InChI=1S/C16H15NO2/c1-11-7-6-10-14(12(11)2)17-16(19)15(18)13-8-4-3-5-9-13/h3-10H,1-2H3,(H,17,19). The van der Waals surface area contributed by atoms with Crippen LogP contribution in [-0.4, -0.2) is 11.7 Å². The maximum Gasteiger partial charge on any atom is 0.296 e. The van der Waals surface area contributed by atoms with Gasteiger partial charge in [-0.3, -0.25) is 9.59 Å². The third-order valence-electron chi connectivity index (χ3n) is 3.10. The van der Waals surface area contributed by atoms with Crippen LogP contribution in [-0.2, 0) is 4.79 Å². The number of carbonyl (C=O) groups is 2. The largest absolute Gasteiger partial charge is 0.319 e. The van der Waals surface area contributed by atoms with E-state index in [-0.39, 0.29) is 0 Å². The summed E-state index contributed by atoms with van der Waals surface area (Å²) in [5.41, 5.74) is 3.11. The van der Waals surface area contributed by atoms with Crippen molar-refractivity contribution in [2.24, 2.45) is 0 Å². The first-order chi connectivity index (χ1) is 9.09. The minimum atomic E-state index is -0.611. The zero-order valence-corrected chi connectivity index (χ0v) is 10.9. The molecule has 2 aromatic carbocycles. The summed E-state index contributed by atoms with van der Waals surface area (Å²) in [6, 6.07) is 14.1. The average molecular weight is 253 g/mol. The minimum Gasteiger partial charge on any atom is -0.319 e. The second kappa shape index (κ2) is 5.48. The molecule has 0 spiro atoms. The lowest BCUT2D eigenvalue weighted by Gasteiger charge is -2.09. The van der Waals surface area contributed by atoms with Gasteiger partial charge in [0.25, 0.3) is 11.7 Å². The Hall–Kier alpha value is -2.42. The van der Waals surface area contributed by atoms with Crippen LogP contribution in [0.1, 0.15) is 21.5 Å². The Morgan fingerprint density at radius 3 is 2.26 bits per heavy atom. The van der Waals surface area contributed by atoms with Crippen LogP contribution in [0.2, 0.25) is 0 Å². The highest BCUT2D eigenvalue weighted by molar-refractivity contribution is 6.46. The predicted molar refractivity (Wildman–Crippen MR) is 75.3 cm³/mol. The molecule has 0 aliphatic heterocycles. The van der Waals surface area contributed by atoms with Gasteiger partial charge in [-0.05, 0) is 31.0 Å². The number of Topliss-reactive ketones (excluding diaryl/α,β-unsaturated/α-hetero) is 1. The topological polar surface area (TPSA) is 46.2 Å². The molecule has 0 radical (unpaired) electrons. The summed E-state index contributed by atoms with van der Waals surface area (Å²) in [5, 5.41) is 2.66. The van der Waals surface area contributed by atoms with E-state index >= 15 is 0 Å². The lowest BCUT2D eigenvalue weighted by molar-refractivity contribution is -0.112. The van der Waals surface area contributed by atoms with Crippen molar-refractivity contribution in [3.8, 4) is 0 Å². The first-order valence-electron chi connectivity index (χ1n) is 6.06. The summed E-state index contributed by atoms with van der Waals surface area (Å²) >= 11 is 0. The van der Waals surface area contributed by atoms with Gasteiger partial charge in [-0.2, -0.15) is 0 Å². The number of rotatable bonds is 3. The summed E-state index contributed by atoms with van der Waals surface area (Å²) in [7, 11) is 0. The average Bonchev–Trinajstić information content (AvgIpc) is 2.44. The quantitative estimate of drug-likeness (QED) is 0.674. The summed E-state index contributed by atoms with van der Waals surface area (Å²) in [4.78, 5) is 23.8. The minimum absolute atomic E-state index is 0.394. The zero-order chi connectivity index (χ0) is 13.8. The fourth-order valence-corrected chi connectivity index (χ4v) is 1.79. The maximum atomic E-state index is 11.9. The van der Waals surface area contributed by atoms with E-state index in [2.05, 4.69) is 5.32 Å². The van der Waals surface area contributed by atoms with Gasteiger partial charge in [0.05, 0.1) is 0 Å². The van der Waals surface area contributed by atoms with Crippen LogP contribution in [0.4, 0.5) is 5.69 Å². The van der Waals surface area contributed by atoms with E-state index in [4.69, 9.17) is 0 Å². The monoisotopic (exact) mass is 253 g/mol. The molecule has 0 aliphatic rings. The summed E-state index contributed by atoms with van der Waals surface area (Å²) < 4.78 is 0. The number of benzene rings is 2. The first kappa shape index (κ1) is 13.0. The number of ketones is 1. The third kappa shape index (κ3) is 2.88. The molecule has 19 heavy (non-hydrogen) atoms. The number of hydrogen-bond acceptors (Lipinski definition) is 2. The van der Waals surface area contributed by atoms with Gasteiger partial charge >= 0.3 is 0 Å². The van der Waals surface area contributed by atoms with Crippen molar-refractivity contribution < 1.29 is 9.59 Å². The number of aryl methyl sites for hydroxylation is 1. The summed E-state index contributed by atoms with van der Waals surface area (Å²) in [5.74, 6) is -1.14. The van der Waals surface area contributed by atoms with E-state index < -0.39 is 11.7 Å². The van der Waals surface area contributed by atoms with Crippen LogP contribution in [0.5, 0.6) is 0 Å². The van der Waals surface area contributed by atoms with E-state index in [1.807, 2.05) is 26.0 Å². The second-order valence-corrected chi connectivity index (χ2v) is 4.40. The van der Waals surface area contributed by atoms with E-state index in [1.54, 1.807) is 36.4 Å². The number of hydrogen-bond donors (Lipinski definition) is 1. The molecule has 2 rings (SSSR count). The number of amides is 1. The maximum absolute atomic E-state index is 11.9. The predicted octanol–water partition coefficient (Wildman–Crippen LogP) is 3.12. The molecular formula is C16H15NO2. The molecule has 0 saturated heterocycles. The van der Waals surface area contributed by atoms with Gasteiger partial charge < -0.3 is 5.32 Å². The third-order valence-corrected chi connectivity index (χ3v) is 3.10. The van der Waals surface area contributed by atoms with Crippen molar-refractivity contribution in [2.45, 2.75) is 13.8 Å².